The summed E-state index contributed by atoms with van der Waals surface area (Å²) >= 11 is 1.80. The maximum atomic E-state index is 9.75. The Balaban J connectivity index is 1.66. The molecule has 1 aromatic carbocycles. The number of aryl methyl sites for hydroxylation is 1. The van der Waals surface area contributed by atoms with Crippen molar-refractivity contribution >= 4 is 11.3 Å². The smallest absolute Gasteiger partial charge is 0.123 e. The quantitative estimate of drug-likeness (QED) is 0.818. The zero-order chi connectivity index (χ0) is 16.1. The van der Waals surface area contributed by atoms with Crippen molar-refractivity contribution in [2.75, 3.05) is 20.3 Å². The van der Waals surface area contributed by atoms with Gasteiger partial charge < -0.3 is 15.2 Å². The summed E-state index contributed by atoms with van der Waals surface area (Å²) in [6.07, 6.45) is 3.71. The van der Waals surface area contributed by atoms with Gasteiger partial charge in [0.2, 0.25) is 0 Å². The van der Waals surface area contributed by atoms with E-state index in [2.05, 4.69) is 29.6 Å². The van der Waals surface area contributed by atoms with Gasteiger partial charge in [0.15, 0.2) is 0 Å². The predicted molar refractivity (Wildman–Crippen MR) is 93.7 cm³/mol. The number of hydrogen-bond acceptors (Lipinski definition) is 5. The molecule has 0 spiro atoms. The molecule has 2 aromatic rings. The SMILES string of the molecule is COCC(O)CCNC1CCCc2nc(-c3ccccc3)sc21. The summed E-state index contributed by atoms with van der Waals surface area (Å²) in [6.45, 7) is 1.20. The van der Waals surface area contributed by atoms with Crippen LogP contribution in [0.2, 0.25) is 0 Å². The molecule has 124 valence electrons. The van der Waals surface area contributed by atoms with E-state index in [1.165, 1.54) is 22.6 Å². The van der Waals surface area contributed by atoms with Gasteiger partial charge in [0.1, 0.15) is 5.01 Å². The summed E-state index contributed by atoms with van der Waals surface area (Å²) < 4.78 is 4.97. The number of aliphatic hydroxyl groups excluding tert-OH is 1. The first-order valence-corrected chi connectivity index (χ1v) is 9.05. The highest BCUT2D eigenvalue weighted by molar-refractivity contribution is 7.15. The maximum Gasteiger partial charge on any atom is 0.123 e. The minimum atomic E-state index is -0.392. The zero-order valence-electron chi connectivity index (χ0n) is 13.5. The van der Waals surface area contributed by atoms with Crippen LogP contribution in [0.5, 0.6) is 0 Å². The van der Waals surface area contributed by atoms with Gasteiger partial charge in [0.25, 0.3) is 0 Å². The lowest BCUT2D eigenvalue weighted by atomic mass is 9.98. The van der Waals surface area contributed by atoms with Gasteiger partial charge in [0.05, 0.1) is 18.4 Å². The average molecular weight is 332 g/mol. The van der Waals surface area contributed by atoms with E-state index in [1.807, 2.05) is 6.07 Å². The molecule has 0 saturated carbocycles. The maximum absolute atomic E-state index is 9.75. The predicted octanol–water partition coefficient (Wildman–Crippen LogP) is 3.17. The number of nitrogens with one attached hydrogen (secondary N) is 1. The minimum Gasteiger partial charge on any atom is -0.391 e. The number of methoxy groups -OCH3 is 1. The summed E-state index contributed by atoms with van der Waals surface area (Å²) in [7, 11) is 1.62. The number of rotatable bonds is 7. The van der Waals surface area contributed by atoms with Crippen molar-refractivity contribution in [3.05, 3.63) is 40.9 Å². The van der Waals surface area contributed by atoms with Gasteiger partial charge in [-0.05, 0) is 32.2 Å². The van der Waals surface area contributed by atoms with Crippen LogP contribution in [0.3, 0.4) is 0 Å². The number of fused-ring (bicyclic) bond motifs is 1. The third kappa shape index (κ3) is 4.18. The summed E-state index contributed by atoms with van der Waals surface area (Å²) in [6, 6.07) is 10.8. The van der Waals surface area contributed by atoms with Crippen molar-refractivity contribution in [3.8, 4) is 10.6 Å². The van der Waals surface area contributed by atoms with E-state index in [0.29, 0.717) is 19.1 Å². The highest BCUT2D eigenvalue weighted by atomic mass is 32.1. The number of aromatic nitrogens is 1. The molecule has 0 saturated heterocycles. The van der Waals surface area contributed by atoms with Crippen LogP contribution >= 0.6 is 11.3 Å². The second kappa shape index (κ2) is 8.02. The lowest BCUT2D eigenvalue weighted by Gasteiger charge is -2.23. The van der Waals surface area contributed by atoms with E-state index < -0.39 is 6.10 Å². The van der Waals surface area contributed by atoms with Crippen LogP contribution < -0.4 is 5.32 Å². The first kappa shape index (κ1) is 16.6. The van der Waals surface area contributed by atoms with Gasteiger partial charge >= 0.3 is 0 Å². The van der Waals surface area contributed by atoms with Crippen LogP contribution in [0.1, 0.15) is 35.9 Å². The summed E-state index contributed by atoms with van der Waals surface area (Å²) in [4.78, 5) is 6.22. The van der Waals surface area contributed by atoms with Crippen LogP contribution in [0.15, 0.2) is 30.3 Å². The largest absolute Gasteiger partial charge is 0.391 e. The standard InChI is InChI=1S/C18H24N2O2S/c1-22-12-14(21)10-11-19-15-8-5-9-16-17(15)23-18(20-16)13-6-3-2-4-7-13/h2-4,6-7,14-15,19,21H,5,8-12H2,1H3. The van der Waals surface area contributed by atoms with Crippen molar-refractivity contribution in [3.63, 3.8) is 0 Å². The monoisotopic (exact) mass is 332 g/mol. The molecule has 3 rings (SSSR count). The Hall–Kier alpha value is -1.27. The topological polar surface area (TPSA) is 54.4 Å². The molecule has 0 amide bonds. The normalized spacial score (nSPS) is 18.6. The molecule has 2 unspecified atom stereocenters. The zero-order valence-corrected chi connectivity index (χ0v) is 14.3. The summed E-state index contributed by atoms with van der Waals surface area (Å²) in [5, 5.41) is 14.5. The van der Waals surface area contributed by atoms with Crippen LogP contribution in [-0.2, 0) is 11.2 Å². The Bertz CT molecular complexity index is 615. The van der Waals surface area contributed by atoms with Gasteiger partial charge in [0, 0.05) is 23.6 Å². The lowest BCUT2D eigenvalue weighted by Crippen LogP contribution is -2.28. The summed E-state index contributed by atoms with van der Waals surface area (Å²) in [5.74, 6) is 0. The molecule has 0 fully saturated rings. The molecular formula is C18H24N2O2S. The molecule has 2 atom stereocenters. The summed E-state index contributed by atoms with van der Waals surface area (Å²) in [5.41, 5.74) is 2.44. The fourth-order valence-corrected chi connectivity index (χ4v) is 4.25. The number of nitrogens with zero attached hydrogens (tertiary/aromatic N) is 1. The lowest BCUT2D eigenvalue weighted by molar-refractivity contribution is 0.0589. The molecule has 1 aromatic heterocycles. The molecule has 1 aliphatic carbocycles. The van der Waals surface area contributed by atoms with E-state index in [-0.39, 0.29) is 0 Å². The average Bonchev–Trinajstić information content (AvgIpc) is 3.01. The molecule has 0 radical (unpaired) electrons. The Morgan fingerprint density at radius 3 is 3.00 bits per heavy atom. The van der Waals surface area contributed by atoms with Gasteiger partial charge in [-0.25, -0.2) is 4.98 Å². The van der Waals surface area contributed by atoms with Gasteiger partial charge in [-0.2, -0.15) is 0 Å². The number of aliphatic hydroxyl groups is 1. The second-order valence-corrected chi connectivity index (χ2v) is 7.02. The molecule has 1 heterocycles. The first-order valence-electron chi connectivity index (χ1n) is 8.23. The highest BCUT2D eigenvalue weighted by Gasteiger charge is 2.24. The molecular weight excluding hydrogens is 308 g/mol. The van der Waals surface area contributed by atoms with E-state index >= 15 is 0 Å². The van der Waals surface area contributed by atoms with E-state index in [0.717, 1.165) is 24.4 Å². The molecule has 0 aliphatic heterocycles. The first-order chi connectivity index (χ1) is 11.3. The minimum absolute atomic E-state index is 0.364. The Morgan fingerprint density at radius 2 is 2.22 bits per heavy atom. The third-order valence-corrected chi connectivity index (χ3v) is 5.46. The van der Waals surface area contributed by atoms with Crippen molar-refractivity contribution in [1.82, 2.24) is 10.3 Å². The molecule has 5 heteroatoms. The van der Waals surface area contributed by atoms with Crippen LogP contribution in [0, 0.1) is 0 Å². The highest BCUT2D eigenvalue weighted by Crippen LogP contribution is 2.37. The molecule has 0 bridgehead atoms. The number of thiazole rings is 1. The molecule has 2 N–H and O–H groups in total. The van der Waals surface area contributed by atoms with E-state index in [1.54, 1.807) is 18.4 Å². The molecule has 4 nitrogen and oxygen atoms in total. The van der Waals surface area contributed by atoms with E-state index in [4.69, 9.17) is 9.72 Å². The Morgan fingerprint density at radius 1 is 1.39 bits per heavy atom. The van der Waals surface area contributed by atoms with Crippen molar-refractivity contribution in [2.45, 2.75) is 37.8 Å². The van der Waals surface area contributed by atoms with Gasteiger partial charge in [-0.15, -0.1) is 11.3 Å². The number of hydrogen-bond donors (Lipinski definition) is 2. The van der Waals surface area contributed by atoms with Crippen LogP contribution in [0.4, 0.5) is 0 Å². The second-order valence-electron chi connectivity index (χ2n) is 5.99. The Labute approximate surface area is 141 Å². The van der Waals surface area contributed by atoms with Gasteiger partial charge in [-0.1, -0.05) is 30.3 Å². The molecule has 23 heavy (non-hydrogen) atoms. The van der Waals surface area contributed by atoms with Gasteiger partial charge in [-0.3, -0.25) is 0 Å². The van der Waals surface area contributed by atoms with Crippen molar-refractivity contribution < 1.29 is 9.84 Å². The fourth-order valence-electron chi connectivity index (χ4n) is 3.02. The molecule has 1 aliphatic rings. The fraction of sp³-hybridized carbons (Fsp3) is 0.500. The van der Waals surface area contributed by atoms with E-state index in [9.17, 15) is 5.11 Å². The Kier molecular flexibility index (Phi) is 5.78. The van der Waals surface area contributed by atoms with Crippen molar-refractivity contribution in [2.24, 2.45) is 0 Å². The third-order valence-electron chi connectivity index (χ3n) is 4.20. The van der Waals surface area contributed by atoms with Crippen molar-refractivity contribution in [1.29, 1.82) is 0 Å². The van der Waals surface area contributed by atoms with Crippen LogP contribution in [0.25, 0.3) is 10.6 Å². The number of benzene rings is 1. The number of ether oxygens (including phenoxy) is 1. The van der Waals surface area contributed by atoms with Crippen LogP contribution in [-0.4, -0.2) is 36.5 Å².